The van der Waals surface area contributed by atoms with E-state index in [9.17, 15) is 9.59 Å². The average Bonchev–Trinajstić information content (AvgIpc) is 2.89. The molecular weight excluding hydrogens is 240 g/mol. The number of H-pyrrole nitrogens is 1. The fourth-order valence-corrected chi connectivity index (χ4v) is 3.51. The second kappa shape index (κ2) is 3.47. The number of hydrogen-bond donors (Lipinski definition) is 1. The Morgan fingerprint density at radius 1 is 1.11 bits per heavy atom. The van der Waals surface area contributed by atoms with E-state index in [0.717, 1.165) is 11.2 Å². The van der Waals surface area contributed by atoms with Gasteiger partial charge >= 0.3 is 0 Å². The molecule has 2 atom stereocenters. The lowest BCUT2D eigenvalue weighted by atomic mass is 9.79. The first kappa shape index (κ1) is 10.8. The van der Waals surface area contributed by atoms with Crippen molar-refractivity contribution < 1.29 is 9.59 Å². The van der Waals surface area contributed by atoms with E-state index >= 15 is 0 Å². The van der Waals surface area contributed by atoms with Gasteiger partial charge in [0.25, 0.3) is 0 Å². The van der Waals surface area contributed by atoms with Crippen LogP contribution in [0.5, 0.6) is 0 Å². The predicted molar refractivity (Wildman–Crippen MR) is 70.5 cm³/mol. The van der Waals surface area contributed by atoms with Crippen LogP contribution in [0.3, 0.4) is 0 Å². The summed E-state index contributed by atoms with van der Waals surface area (Å²) in [4.78, 5) is 28.9. The van der Waals surface area contributed by atoms with Gasteiger partial charge in [-0.15, -0.1) is 0 Å². The van der Waals surface area contributed by atoms with Crippen LogP contribution in [0.2, 0.25) is 0 Å². The summed E-state index contributed by atoms with van der Waals surface area (Å²) >= 11 is 0. The molecule has 96 valence electrons. The number of carbonyl (C=O) groups is 2. The normalized spacial score (nSPS) is 25.8. The third-order valence-electron chi connectivity index (χ3n) is 4.53. The lowest BCUT2D eigenvalue weighted by Crippen LogP contribution is -2.27. The Morgan fingerprint density at radius 3 is 2.58 bits per heavy atom. The van der Waals surface area contributed by atoms with Crippen LogP contribution in [-0.2, 0) is 22.4 Å². The van der Waals surface area contributed by atoms with Gasteiger partial charge in [-0.1, -0.05) is 18.2 Å². The van der Waals surface area contributed by atoms with E-state index in [0.29, 0.717) is 12.8 Å². The minimum Gasteiger partial charge on any atom is -0.358 e. The van der Waals surface area contributed by atoms with E-state index in [-0.39, 0.29) is 23.7 Å². The quantitative estimate of drug-likeness (QED) is 0.724. The van der Waals surface area contributed by atoms with Crippen molar-refractivity contribution >= 4 is 22.7 Å². The highest BCUT2D eigenvalue weighted by molar-refractivity contribution is 6.05. The molecule has 19 heavy (non-hydrogen) atoms. The molecule has 2 aromatic rings. The number of likely N-dealkylation sites (tertiary alicyclic amines) is 1. The monoisotopic (exact) mass is 254 g/mol. The standard InChI is InChI=1S/C15H14N2O2/c1-17-14(18)10-6-9-8-4-2-3-5-12(8)16-13(9)7-11(10)15(17)19/h2-5,10-11,16H,6-7H2,1H3/t10-,11+/m0/s1. The number of aromatic nitrogens is 1. The molecule has 2 amide bonds. The van der Waals surface area contributed by atoms with Gasteiger partial charge in [0.1, 0.15) is 0 Å². The van der Waals surface area contributed by atoms with Crippen LogP contribution in [0.4, 0.5) is 0 Å². The van der Waals surface area contributed by atoms with Gasteiger partial charge < -0.3 is 4.98 Å². The van der Waals surface area contributed by atoms with Crippen molar-refractivity contribution in [3.63, 3.8) is 0 Å². The SMILES string of the molecule is CN1C(=O)[C@H]2Cc3c([nH]c4ccccc34)C[C@H]2C1=O. The van der Waals surface area contributed by atoms with Gasteiger partial charge in [0, 0.05) is 30.1 Å². The Hall–Kier alpha value is -2.10. The van der Waals surface area contributed by atoms with E-state index in [1.165, 1.54) is 15.8 Å². The lowest BCUT2D eigenvalue weighted by Gasteiger charge is -2.21. The molecule has 1 N–H and O–H groups in total. The van der Waals surface area contributed by atoms with Crippen LogP contribution in [0, 0.1) is 11.8 Å². The molecule has 4 rings (SSSR count). The number of imide groups is 1. The number of carbonyl (C=O) groups excluding carboxylic acids is 2. The van der Waals surface area contributed by atoms with Crippen molar-refractivity contribution in [3.05, 3.63) is 35.5 Å². The zero-order valence-electron chi connectivity index (χ0n) is 10.6. The summed E-state index contributed by atoms with van der Waals surface area (Å²) in [5, 5.41) is 1.19. The fourth-order valence-electron chi connectivity index (χ4n) is 3.51. The second-order valence-corrected chi connectivity index (χ2v) is 5.48. The van der Waals surface area contributed by atoms with Crippen LogP contribution in [0.25, 0.3) is 10.9 Å². The van der Waals surface area contributed by atoms with Gasteiger partial charge in [-0.3, -0.25) is 14.5 Å². The van der Waals surface area contributed by atoms with E-state index in [1.807, 2.05) is 18.2 Å². The summed E-state index contributed by atoms with van der Waals surface area (Å²) in [5.74, 6) is -0.382. The summed E-state index contributed by atoms with van der Waals surface area (Å²) < 4.78 is 0. The highest BCUT2D eigenvalue weighted by Crippen LogP contribution is 2.39. The molecule has 1 aromatic heterocycles. The van der Waals surface area contributed by atoms with E-state index in [2.05, 4.69) is 11.1 Å². The maximum atomic E-state index is 12.1. The number of nitrogens with zero attached hydrogens (tertiary/aromatic N) is 1. The molecule has 1 aliphatic carbocycles. The van der Waals surface area contributed by atoms with Crippen molar-refractivity contribution in [2.24, 2.45) is 11.8 Å². The lowest BCUT2D eigenvalue weighted by molar-refractivity contribution is -0.138. The van der Waals surface area contributed by atoms with Gasteiger partial charge in [-0.05, 0) is 18.1 Å². The minimum absolute atomic E-state index is 0.0223. The molecular formula is C15H14N2O2. The summed E-state index contributed by atoms with van der Waals surface area (Å²) in [6.07, 6.45) is 1.34. The Morgan fingerprint density at radius 2 is 1.79 bits per heavy atom. The Bertz CT molecular complexity index is 716. The van der Waals surface area contributed by atoms with E-state index < -0.39 is 0 Å². The molecule has 0 radical (unpaired) electrons. The number of para-hydroxylation sites is 1. The largest absolute Gasteiger partial charge is 0.358 e. The average molecular weight is 254 g/mol. The second-order valence-electron chi connectivity index (χ2n) is 5.48. The first-order valence-corrected chi connectivity index (χ1v) is 6.56. The maximum Gasteiger partial charge on any atom is 0.233 e. The van der Waals surface area contributed by atoms with Crippen LogP contribution < -0.4 is 0 Å². The first-order valence-electron chi connectivity index (χ1n) is 6.56. The molecule has 4 heteroatoms. The van der Waals surface area contributed by atoms with Crippen molar-refractivity contribution in [2.45, 2.75) is 12.8 Å². The van der Waals surface area contributed by atoms with Crippen molar-refractivity contribution in [2.75, 3.05) is 7.05 Å². The van der Waals surface area contributed by atoms with Crippen LogP contribution in [-0.4, -0.2) is 28.7 Å². The molecule has 1 aromatic carbocycles. The van der Waals surface area contributed by atoms with Gasteiger partial charge in [-0.25, -0.2) is 0 Å². The molecule has 4 nitrogen and oxygen atoms in total. The van der Waals surface area contributed by atoms with E-state index in [1.54, 1.807) is 7.05 Å². The summed E-state index contributed by atoms with van der Waals surface area (Å²) in [6.45, 7) is 0. The van der Waals surface area contributed by atoms with Crippen molar-refractivity contribution in [3.8, 4) is 0 Å². The van der Waals surface area contributed by atoms with Gasteiger partial charge in [0.2, 0.25) is 11.8 Å². The van der Waals surface area contributed by atoms with Gasteiger partial charge in [-0.2, -0.15) is 0 Å². The first-order chi connectivity index (χ1) is 9.16. The third kappa shape index (κ3) is 1.28. The molecule has 2 aliphatic rings. The molecule has 0 bridgehead atoms. The highest BCUT2D eigenvalue weighted by atomic mass is 16.2. The topological polar surface area (TPSA) is 53.2 Å². The number of rotatable bonds is 0. The number of amides is 2. The summed E-state index contributed by atoms with van der Waals surface area (Å²) in [7, 11) is 1.59. The van der Waals surface area contributed by atoms with Crippen molar-refractivity contribution in [1.29, 1.82) is 0 Å². The van der Waals surface area contributed by atoms with Gasteiger partial charge in [0.05, 0.1) is 11.8 Å². The number of nitrogens with one attached hydrogen (secondary N) is 1. The summed E-state index contributed by atoms with van der Waals surface area (Å²) in [5.41, 5.74) is 3.44. The van der Waals surface area contributed by atoms with Crippen molar-refractivity contribution in [1.82, 2.24) is 9.88 Å². The van der Waals surface area contributed by atoms with Crippen LogP contribution >= 0.6 is 0 Å². The smallest absolute Gasteiger partial charge is 0.233 e. The van der Waals surface area contributed by atoms with Crippen LogP contribution in [0.15, 0.2) is 24.3 Å². The molecule has 0 unspecified atom stereocenters. The number of benzene rings is 1. The third-order valence-corrected chi connectivity index (χ3v) is 4.53. The molecule has 1 saturated heterocycles. The molecule has 0 spiro atoms. The Kier molecular flexibility index (Phi) is 1.97. The predicted octanol–water partition coefficient (Wildman–Crippen LogP) is 1.50. The van der Waals surface area contributed by atoms with Gasteiger partial charge in [0.15, 0.2) is 0 Å². The molecule has 0 saturated carbocycles. The molecule has 2 heterocycles. The van der Waals surface area contributed by atoms with E-state index in [4.69, 9.17) is 0 Å². The zero-order valence-corrected chi connectivity index (χ0v) is 10.6. The Balaban J connectivity index is 1.87. The number of fused-ring (bicyclic) bond motifs is 4. The maximum absolute atomic E-state index is 12.1. The number of hydrogen-bond acceptors (Lipinski definition) is 2. The zero-order chi connectivity index (χ0) is 13.1. The molecule has 1 aliphatic heterocycles. The Labute approximate surface area is 110 Å². The fraction of sp³-hybridized carbons (Fsp3) is 0.333. The molecule has 1 fully saturated rings. The van der Waals surface area contributed by atoms with Crippen LogP contribution in [0.1, 0.15) is 11.3 Å². The highest BCUT2D eigenvalue weighted by Gasteiger charge is 2.48. The minimum atomic E-state index is -0.168. The number of aromatic amines is 1. The summed E-state index contributed by atoms with van der Waals surface area (Å²) in [6, 6.07) is 8.13.